The van der Waals surface area contributed by atoms with Crippen LogP contribution in [0.25, 0.3) is 16.8 Å². The van der Waals surface area contributed by atoms with Crippen LogP contribution < -0.4 is 19.6 Å². The fourth-order valence-corrected chi connectivity index (χ4v) is 5.59. The Morgan fingerprint density at radius 3 is 2.64 bits per heavy atom. The van der Waals surface area contributed by atoms with Crippen molar-refractivity contribution in [2.24, 2.45) is 4.99 Å². The molecule has 3 aromatic carbocycles. The van der Waals surface area contributed by atoms with Gasteiger partial charge in [0.2, 0.25) is 0 Å². The van der Waals surface area contributed by atoms with Crippen molar-refractivity contribution >= 4 is 34.2 Å². The zero-order valence-corrected chi connectivity index (χ0v) is 20.8. The van der Waals surface area contributed by atoms with Gasteiger partial charge in [0, 0.05) is 11.1 Å². The number of esters is 1. The summed E-state index contributed by atoms with van der Waals surface area (Å²) in [5.41, 5.74) is 1.64. The van der Waals surface area contributed by atoms with Gasteiger partial charge in [-0.2, -0.15) is 0 Å². The highest BCUT2D eigenvalue weighted by Gasteiger charge is 2.36. The average Bonchev–Trinajstić information content (AvgIpc) is 3.18. The third-order valence-corrected chi connectivity index (χ3v) is 7.15. The van der Waals surface area contributed by atoms with E-state index in [9.17, 15) is 14.7 Å². The maximum absolute atomic E-state index is 13.9. The Kier molecular flexibility index (Phi) is 6.20. The molecule has 0 fully saturated rings. The lowest BCUT2D eigenvalue weighted by Crippen LogP contribution is -2.40. The molecule has 1 unspecified atom stereocenters. The van der Waals surface area contributed by atoms with Crippen LogP contribution in [0.2, 0.25) is 0 Å². The van der Waals surface area contributed by atoms with Gasteiger partial charge < -0.3 is 14.6 Å². The largest absolute Gasteiger partial charge is 0.507 e. The van der Waals surface area contributed by atoms with Crippen LogP contribution in [0, 0.1) is 0 Å². The molecule has 1 aliphatic heterocycles. The predicted octanol–water partition coefficient (Wildman–Crippen LogP) is 3.67. The first-order valence-electron chi connectivity index (χ1n) is 11.5. The summed E-state index contributed by atoms with van der Waals surface area (Å²) in [6.07, 6.45) is 1.64. The zero-order chi connectivity index (χ0) is 25.4. The van der Waals surface area contributed by atoms with Crippen molar-refractivity contribution in [2.45, 2.75) is 19.9 Å². The lowest BCUT2D eigenvalue weighted by Gasteiger charge is -2.27. The number of thiazole rings is 1. The molecular weight excluding hydrogens is 476 g/mol. The number of phenolic OH excluding ortho intramolecular Hbond substituents is 1. The Hall–Kier alpha value is -4.17. The van der Waals surface area contributed by atoms with Gasteiger partial charge in [-0.3, -0.25) is 9.36 Å². The molecule has 182 valence electrons. The van der Waals surface area contributed by atoms with Gasteiger partial charge in [-0.1, -0.05) is 59.9 Å². The first-order chi connectivity index (χ1) is 17.4. The number of carbonyl (C=O) groups excluding carboxylic acids is 1. The minimum Gasteiger partial charge on any atom is -0.507 e. The van der Waals surface area contributed by atoms with Gasteiger partial charge in [0.25, 0.3) is 5.56 Å². The lowest BCUT2D eigenvalue weighted by atomic mass is 9.90. The van der Waals surface area contributed by atoms with E-state index in [1.165, 1.54) is 15.9 Å². The molecule has 36 heavy (non-hydrogen) atoms. The molecule has 2 heterocycles. The van der Waals surface area contributed by atoms with Crippen LogP contribution in [-0.4, -0.2) is 29.4 Å². The molecule has 7 nitrogen and oxygen atoms in total. The second-order valence-corrected chi connectivity index (χ2v) is 9.27. The first kappa shape index (κ1) is 23.6. The van der Waals surface area contributed by atoms with Crippen molar-refractivity contribution in [3.8, 4) is 11.5 Å². The van der Waals surface area contributed by atoms with E-state index < -0.39 is 12.0 Å². The monoisotopic (exact) mass is 500 g/mol. The van der Waals surface area contributed by atoms with E-state index in [1.807, 2.05) is 36.4 Å². The van der Waals surface area contributed by atoms with Gasteiger partial charge in [0.15, 0.2) is 4.80 Å². The SMILES string of the molecule is CCOC(=O)C1=C(C)N=c2sc(=Cc3ccccc3O)c(=O)n2C1c1c(OC)ccc2ccccc12. The number of para-hydroxylation sites is 1. The third kappa shape index (κ3) is 3.89. The van der Waals surface area contributed by atoms with E-state index in [0.717, 1.165) is 10.8 Å². The zero-order valence-electron chi connectivity index (χ0n) is 20.0. The van der Waals surface area contributed by atoms with Crippen LogP contribution in [0.5, 0.6) is 11.5 Å². The molecule has 0 spiro atoms. The van der Waals surface area contributed by atoms with Crippen molar-refractivity contribution in [2.75, 3.05) is 13.7 Å². The average molecular weight is 501 g/mol. The lowest BCUT2D eigenvalue weighted by molar-refractivity contribution is -0.139. The number of fused-ring (bicyclic) bond motifs is 2. The quantitative estimate of drug-likeness (QED) is 0.423. The number of rotatable bonds is 5. The van der Waals surface area contributed by atoms with Crippen LogP contribution in [0.15, 0.2) is 81.7 Å². The van der Waals surface area contributed by atoms with Crippen LogP contribution >= 0.6 is 11.3 Å². The molecule has 1 N–H and O–H groups in total. The molecule has 1 aromatic heterocycles. The van der Waals surface area contributed by atoms with Crippen LogP contribution in [-0.2, 0) is 9.53 Å². The summed E-state index contributed by atoms with van der Waals surface area (Å²) in [7, 11) is 1.57. The van der Waals surface area contributed by atoms with E-state index in [2.05, 4.69) is 4.99 Å². The third-order valence-electron chi connectivity index (χ3n) is 6.16. The summed E-state index contributed by atoms with van der Waals surface area (Å²) < 4.78 is 13.1. The second-order valence-electron chi connectivity index (χ2n) is 8.26. The fraction of sp³-hybridized carbons (Fsp3) is 0.179. The minimum atomic E-state index is -0.812. The van der Waals surface area contributed by atoms with Gasteiger partial charge in [-0.05, 0) is 42.8 Å². The first-order valence-corrected chi connectivity index (χ1v) is 12.3. The van der Waals surface area contributed by atoms with Crippen LogP contribution in [0.3, 0.4) is 0 Å². The Morgan fingerprint density at radius 1 is 1.14 bits per heavy atom. The predicted molar refractivity (Wildman–Crippen MR) is 139 cm³/mol. The summed E-state index contributed by atoms with van der Waals surface area (Å²) in [5, 5.41) is 12.1. The number of benzene rings is 3. The molecule has 0 amide bonds. The molecular formula is C28H24N2O5S. The molecule has 0 aliphatic carbocycles. The molecule has 8 heteroatoms. The number of aromatic nitrogens is 1. The minimum absolute atomic E-state index is 0.0685. The summed E-state index contributed by atoms with van der Waals surface area (Å²) in [4.78, 5) is 32.2. The topological polar surface area (TPSA) is 90.1 Å². The van der Waals surface area contributed by atoms with Gasteiger partial charge in [0.1, 0.15) is 17.5 Å². The van der Waals surface area contributed by atoms with E-state index in [1.54, 1.807) is 51.3 Å². The number of hydrogen-bond donors (Lipinski definition) is 1. The number of nitrogens with zero attached hydrogens (tertiary/aromatic N) is 2. The highest BCUT2D eigenvalue weighted by atomic mass is 32.1. The molecule has 1 aliphatic rings. The molecule has 1 atom stereocenters. The number of hydrogen-bond acceptors (Lipinski definition) is 7. The fourth-order valence-electron chi connectivity index (χ4n) is 4.55. The smallest absolute Gasteiger partial charge is 0.338 e. The van der Waals surface area contributed by atoms with Crippen molar-refractivity contribution in [1.82, 2.24) is 4.57 Å². The summed E-state index contributed by atoms with van der Waals surface area (Å²) in [5.74, 6) is 0.0817. The Bertz CT molecular complexity index is 1710. The van der Waals surface area contributed by atoms with Crippen LogP contribution in [0.4, 0.5) is 0 Å². The summed E-state index contributed by atoms with van der Waals surface area (Å²) in [6, 6.07) is 17.5. The Morgan fingerprint density at radius 2 is 1.89 bits per heavy atom. The second kappa shape index (κ2) is 9.47. The van der Waals surface area contributed by atoms with Crippen LogP contribution in [0.1, 0.15) is 31.0 Å². The van der Waals surface area contributed by atoms with Gasteiger partial charge in [0.05, 0.1) is 29.5 Å². The van der Waals surface area contributed by atoms with Crippen molar-refractivity contribution < 1.29 is 19.4 Å². The van der Waals surface area contributed by atoms with Gasteiger partial charge >= 0.3 is 5.97 Å². The molecule has 0 saturated heterocycles. The van der Waals surface area contributed by atoms with E-state index >= 15 is 0 Å². The number of carbonyl (C=O) groups is 1. The molecule has 5 rings (SSSR count). The highest BCUT2D eigenvalue weighted by molar-refractivity contribution is 7.07. The number of methoxy groups -OCH3 is 1. The van der Waals surface area contributed by atoms with Crippen molar-refractivity contribution in [1.29, 1.82) is 0 Å². The highest BCUT2D eigenvalue weighted by Crippen LogP contribution is 2.40. The summed E-state index contributed by atoms with van der Waals surface area (Å²) >= 11 is 1.20. The number of aromatic hydroxyl groups is 1. The van der Waals surface area contributed by atoms with Gasteiger partial charge in [-0.15, -0.1) is 0 Å². The maximum Gasteiger partial charge on any atom is 0.338 e. The van der Waals surface area contributed by atoms with E-state index in [4.69, 9.17) is 9.47 Å². The number of allylic oxidation sites excluding steroid dienone is 1. The molecule has 0 bridgehead atoms. The standard InChI is InChI=1S/C28H24N2O5S/c1-4-35-27(33)23-16(2)29-28-30(26(32)22(36-28)15-18-10-6-8-12-20(18)31)25(23)24-19-11-7-5-9-17(19)13-14-21(24)34-3/h5-15,25,31H,4H2,1-3H3. The Balaban J connectivity index is 1.87. The Labute approximate surface area is 210 Å². The summed E-state index contributed by atoms with van der Waals surface area (Å²) in [6.45, 7) is 3.67. The molecule has 0 radical (unpaired) electrons. The molecule has 4 aromatic rings. The maximum atomic E-state index is 13.9. The van der Waals surface area contributed by atoms with Crippen molar-refractivity contribution in [3.05, 3.63) is 103 Å². The number of ether oxygens (including phenoxy) is 2. The van der Waals surface area contributed by atoms with Gasteiger partial charge in [-0.25, -0.2) is 9.79 Å². The molecule has 0 saturated carbocycles. The number of phenols is 1. The van der Waals surface area contributed by atoms with E-state index in [0.29, 0.717) is 31.9 Å². The normalized spacial score (nSPS) is 15.5. The van der Waals surface area contributed by atoms with Crippen molar-refractivity contribution in [3.63, 3.8) is 0 Å². The van der Waals surface area contributed by atoms with E-state index in [-0.39, 0.29) is 23.5 Å².